The zero-order chi connectivity index (χ0) is 15.3. The number of benzene rings is 1. The van der Waals surface area contributed by atoms with E-state index in [0.29, 0.717) is 10.8 Å². The molecule has 0 saturated carbocycles. The minimum absolute atomic E-state index is 0.0931. The molecule has 0 spiro atoms. The molecule has 5 heteroatoms. The van der Waals surface area contributed by atoms with Crippen molar-refractivity contribution in [3.05, 3.63) is 29.3 Å². The Morgan fingerprint density at radius 2 is 1.90 bits per heavy atom. The van der Waals surface area contributed by atoms with Gasteiger partial charge in [0.05, 0.1) is 6.10 Å². The number of hydrogen-bond donors (Lipinski definition) is 2. The van der Waals surface area contributed by atoms with E-state index in [1.165, 1.54) is 0 Å². The first kappa shape index (κ1) is 16.8. The van der Waals surface area contributed by atoms with E-state index in [4.69, 9.17) is 16.3 Å². The Balaban J connectivity index is 2.58. The first-order valence-electron chi connectivity index (χ1n) is 6.63. The van der Waals surface area contributed by atoms with Crippen LogP contribution >= 0.6 is 11.6 Å². The van der Waals surface area contributed by atoms with Crippen LogP contribution in [-0.4, -0.2) is 29.3 Å². The molecule has 20 heavy (non-hydrogen) atoms. The third-order valence-electron chi connectivity index (χ3n) is 2.97. The minimum Gasteiger partial charge on any atom is -0.478 e. The highest BCUT2D eigenvalue weighted by Gasteiger charge is 2.30. The maximum atomic E-state index is 12.1. The van der Waals surface area contributed by atoms with E-state index in [-0.39, 0.29) is 18.4 Å². The third-order valence-corrected chi connectivity index (χ3v) is 3.23. The van der Waals surface area contributed by atoms with Crippen molar-refractivity contribution in [1.29, 1.82) is 0 Å². The van der Waals surface area contributed by atoms with Crippen molar-refractivity contribution in [2.45, 2.75) is 39.4 Å². The summed E-state index contributed by atoms with van der Waals surface area (Å²) in [6.07, 6.45) is -0.565. The van der Waals surface area contributed by atoms with Gasteiger partial charge in [0.15, 0.2) is 5.60 Å². The largest absolute Gasteiger partial charge is 0.478 e. The van der Waals surface area contributed by atoms with Gasteiger partial charge in [0.25, 0.3) is 5.91 Å². The zero-order valence-corrected chi connectivity index (χ0v) is 13.1. The fourth-order valence-electron chi connectivity index (χ4n) is 1.49. The molecule has 1 atom stereocenters. The van der Waals surface area contributed by atoms with Gasteiger partial charge in [-0.1, -0.05) is 25.4 Å². The van der Waals surface area contributed by atoms with E-state index in [9.17, 15) is 9.90 Å². The number of carbonyl (C=O) groups is 1. The number of nitrogens with one attached hydrogen (secondary N) is 1. The Hall–Kier alpha value is -1.26. The number of aliphatic hydroxyl groups is 1. The van der Waals surface area contributed by atoms with Crippen molar-refractivity contribution in [3.63, 3.8) is 0 Å². The molecule has 0 fully saturated rings. The van der Waals surface area contributed by atoms with Gasteiger partial charge in [0, 0.05) is 11.6 Å². The monoisotopic (exact) mass is 299 g/mol. The molecule has 0 aliphatic rings. The summed E-state index contributed by atoms with van der Waals surface area (Å²) >= 11 is 5.80. The van der Waals surface area contributed by atoms with E-state index in [0.717, 1.165) is 0 Å². The molecule has 1 aromatic rings. The lowest BCUT2D eigenvalue weighted by Crippen LogP contribution is -2.49. The van der Waals surface area contributed by atoms with E-state index in [1.54, 1.807) is 38.1 Å². The molecule has 112 valence electrons. The van der Waals surface area contributed by atoms with Crippen LogP contribution in [0.1, 0.15) is 27.7 Å². The Bertz CT molecular complexity index is 443. The Morgan fingerprint density at radius 1 is 1.35 bits per heavy atom. The van der Waals surface area contributed by atoms with Crippen molar-refractivity contribution >= 4 is 17.5 Å². The summed E-state index contributed by atoms with van der Waals surface area (Å²) in [5.41, 5.74) is -1.02. The van der Waals surface area contributed by atoms with Gasteiger partial charge in [-0.05, 0) is 44.0 Å². The summed E-state index contributed by atoms with van der Waals surface area (Å²) in [7, 11) is 0. The highest BCUT2D eigenvalue weighted by Crippen LogP contribution is 2.21. The summed E-state index contributed by atoms with van der Waals surface area (Å²) < 4.78 is 5.66. The van der Waals surface area contributed by atoms with E-state index >= 15 is 0 Å². The van der Waals surface area contributed by atoms with Crippen LogP contribution in [-0.2, 0) is 4.79 Å². The summed E-state index contributed by atoms with van der Waals surface area (Å²) in [5, 5.41) is 13.0. The summed E-state index contributed by atoms with van der Waals surface area (Å²) in [6.45, 7) is 7.36. The fraction of sp³-hybridized carbons (Fsp3) is 0.533. The Morgan fingerprint density at radius 3 is 2.40 bits per heavy atom. The summed E-state index contributed by atoms with van der Waals surface area (Å²) in [5.74, 6) is 0.390. The number of aliphatic hydroxyl groups excluding tert-OH is 1. The molecule has 0 heterocycles. The van der Waals surface area contributed by atoms with Gasteiger partial charge in [-0.2, -0.15) is 0 Å². The first-order chi connectivity index (χ1) is 9.22. The van der Waals surface area contributed by atoms with Crippen LogP contribution in [0.25, 0.3) is 0 Å². The Labute approximate surface area is 125 Å². The highest BCUT2D eigenvalue weighted by atomic mass is 35.5. The number of halogens is 1. The molecule has 0 aliphatic heterocycles. The molecule has 0 saturated heterocycles. The average molecular weight is 300 g/mol. The van der Waals surface area contributed by atoms with Crippen molar-refractivity contribution in [3.8, 4) is 5.75 Å². The average Bonchev–Trinajstić information content (AvgIpc) is 2.37. The molecular formula is C15H22ClNO3. The van der Waals surface area contributed by atoms with Crippen molar-refractivity contribution < 1.29 is 14.6 Å². The van der Waals surface area contributed by atoms with Crippen LogP contribution in [0.5, 0.6) is 5.75 Å². The van der Waals surface area contributed by atoms with E-state index in [2.05, 4.69) is 5.32 Å². The lowest BCUT2D eigenvalue weighted by molar-refractivity contribution is -0.134. The third kappa shape index (κ3) is 5.02. The standard InChI is InChI=1S/C15H22ClNO3/c1-10(2)13(18)9-17-14(19)15(3,4)20-12-7-5-11(16)6-8-12/h5-8,10,13,18H,9H2,1-4H3,(H,17,19). The van der Waals surface area contributed by atoms with Crippen LogP contribution in [0.3, 0.4) is 0 Å². The Kier molecular flexibility index (Phi) is 5.84. The van der Waals surface area contributed by atoms with Gasteiger partial charge in [-0.25, -0.2) is 0 Å². The zero-order valence-electron chi connectivity index (χ0n) is 12.3. The lowest BCUT2D eigenvalue weighted by atomic mass is 10.1. The molecule has 1 unspecified atom stereocenters. The molecule has 1 amide bonds. The second-order valence-corrected chi connectivity index (χ2v) is 6.02. The number of rotatable bonds is 6. The van der Waals surface area contributed by atoms with Crippen LogP contribution in [0.15, 0.2) is 24.3 Å². The van der Waals surface area contributed by atoms with Gasteiger partial charge in [0.1, 0.15) is 5.75 Å². The molecular weight excluding hydrogens is 278 g/mol. The SMILES string of the molecule is CC(C)C(O)CNC(=O)C(C)(C)Oc1ccc(Cl)cc1. The highest BCUT2D eigenvalue weighted by molar-refractivity contribution is 6.30. The van der Waals surface area contributed by atoms with Crippen LogP contribution in [0.2, 0.25) is 5.02 Å². The van der Waals surface area contributed by atoms with Crippen LogP contribution in [0.4, 0.5) is 0 Å². The van der Waals surface area contributed by atoms with Crippen molar-refractivity contribution in [2.75, 3.05) is 6.54 Å². The molecule has 0 aliphatic carbocycles. The molecule has 0 bridgehead atoms. The van der Waals surface area contributed by atoms with Gasteiger partial charge < -0.3 is 15.2 Å². The summed E-state index contributed by atoms with van der Waals surface area (Å²) in [4.78, 5) is 12.1. The molecule has 2 N–H and O–H groups in total. The van der Waals surface area contributed by atoms with Gasteiger partial charge in [-0.15, -0.1) is 0 Å². The lowest BCUT2D eigenvalue weighted by Gasteiger charge is -2.26. The van der Waals surface area contributed by atoms with E-state index < -0.39 is 11.7 Å². The second kappa shape index (κ2) is 6.95. The molecule has 0 radical (unpaired) electrons. The smallest absolute Gasteiger partial charge is 0.263 e. The first-order valence-corrected chi connectivity index (χ1v) is 7.01. The maximum Gasteiger partial charge on any atom is 0.263 e. The predicted octanol–water partition coefficient (Wildman–Crippen LogP) is 2.63. The summed E-state index contributed by atoms with van der Waals surface area (Å²) in [6, 6.07) is 6.82. The minimum atomic E-state index is -1.02. The number of amides is 1. The van der Waals surface area contributed by atoms with Crippen molar-refractivity contribution in [1.82, 2.24) is 5.32 Å². The molecule has 1 rings (SSSR count). The van der Waals surface area contributed by atoms with Gasteiger partial charge in [-0.3, -0.25) is 4.79 Å². The van der Waals surface area contributed by atoms with Crippen LogP contribution in [0, 0.1) is 5.92 Å². The number of hydrogen-bond acceptors (Lipinski definition) is 3. The van der Waals surface area contributed by atoms with Gasteiger partial charge in [0.2, 0.25) is 0 Å². The van der Waals surface area contributed by atoms with E-state index in [1.807, 2.05) is 13.8 Å². The number of carbonyl (C=O) groups excluding carboxylic acids is 1. The predicted molar refractivity (Wildman–Crippen MR) is 80.0 cm³/mol. The molecule has 4 nitrogen and oxygen atoms in total. The quantitative estimate of drug-likeness (QED) is 0.849. The molecule has 1 aromatic carbocycles. The topological polar surface area (TPSA) is 58.6 Å². The molecule has 0 aromatic heterocycles. The number of ether oxygens (including phenoxy) is 1. The maximum absolute atomic E-state index is 12.1. The van der Waals surface area contributed by atoms with Crippen molar-refractivity contribution in [2.24, 2.45) is 5.92 Å². The normalized spacial score (nSPS) is 13.2. The second-order valence-electron chi connectivity index (χ2n) is 5.59. The van der Waals surface area contributed by atoms with Crippen LogP contribution < -0.4 is 10.1 Å². The fourth-order valence-corrected chi connectivity index (χ4v) is 1.62. The van der Waals surface area contributed by atoms with Gasteiger partial charge >= 0.3 is 0 Å².